The van der Waals surface area contributed by atoms with Crippen molar-refractivity contribution >= 4 is 17.6 Å². The molecule has 1 aromatic carbocycles. The van der Waals surface area contributed by atoms with E-state index in [2.05, 4.69) is 22.5 Å². The zero-order valence-corrected chi connectivity index (χ0v) is 14.8. The van der Waals surface area contributed by atoms with Gasteiger partial charge in [0.2, 0.25) is 0 Å². The first-order valence-electron chi connectivity index (χ1n) is 7.94. The molecule has 1 atom stereocenters. The fraction of sp³-hybridized carbons (Fsp3) is 0.588. The van der Waals surface area contributed by atoms with Gasteiger partial charge < -0.3 is 20.1 Å². The quantitative estimate of drug-likeness (QED) is 0.640. The van der Waals surface area contributed by atoms with Gasteiger partial charge in [-0.05, 0) is 24.6 Å². The zero-order chi connectivity index (χ0) is 16.7. The molecule has 0 spiro atoms. The molecular weight excluding hydrogens is 314 g/mol. The van der Waals surface area contributed by atoms with Gasteiger partial charge in [-0.2, -0.15) is 0 Å². The number of hydrogen-bond donors (Lipinski definition) is 2. The smallest absolute Gasteiger partial charge is 0.191 e. The Morgan fingerprint density at radius 1 is 1.43 bits per heavy atom. The molecule has 2 N–H and O–H groups in total. The van der Waals surface area contributed by atoms with E-state index in [9.17, 15) is 0 Å². The summed E-state index contributed by atoms with van der Waals surface area (Å²) in [6.07, 6.45) is 1.77. The number of ether oxygens (including phenoxy) is 2. The van der Waals surface area contributed by atoms with Gasteiger partial charge in [0.1, 0.15) is 0 Å². The van der Waals surface area contributed by atoms with Gasteiger partial charge >= 0.3 is 0 Å². The van der Waals surface area contributed by atoms with Gasteiger partial charge in [0.15, 0.2) is 5.96 Å². The van der Waals surface area contributed by atoms with E-state index in [-0.39, 0.29) is 11.6 Å². The van der Waals surface area contributed by atoms with E-state index in [0.717, 1.165) is 42.6 Å². The van der Waals surface area contributed by atoms with E-state index in [1.807, 2.05) is 24.3 Å². The predicted octanol–water partition coefficient (Wildman–Crippen LogP) is 2.76. The molecule has 0 aromatic heterocycles. The second-order valence-corrected chi connectivity index (χ2v) is 6.28. The number of hydrogen-bond acceptors (Lipinski definition) is 3. The minimum atomic E-state index is -0.185. The molecule has 5 nitrogen and oxygen atoms in total. The Morgan fingerprint density at radius 3 is 2.78 bits per heavy atom. The van der Waals surface area contributed by atoms with Crippen LogP contribution >= 0.6 is 11.6 Å². The number of halogens is 1. The lowest BCUT2D eigenvalue weighted by Crippen LogP contribution is -2.51. The standard InChI is InChI=1S/C17H26ClN3O2/c1-13(14-5-4-6-15(18)11-14)21-16(19-2)20-12-17(22-3)7-9-23-10-8-17/h4-6,11,13H,7-10,12H2,1-3H3,(H2,19,20,21). The summed E-state index contributed by atoms with van der Waals surface area (Å²) < 4.78 is 11.2. The summed E-state index contributed by atoms with van der Waals surface area (Å²) in [6.45, 7) is 4.26. The lowest BCUT2D eigenvalue weighted by molar-refractivity contribution is -0.0855. The van der Waals surface area contributed by atoms with Crippen molar-refractivity contribution in [3.8, 4) is 0 Å². The molecule has 0 aliphatic carbocycles. The molecule has 0 amide bonds. The van der Waals surface area contributed by atoms with Crippen LogP contribution in [0, 0.1) is 0 Å². The Hall–Kier alpha value is -1.30. The molecule has 1 aliphatic rings. The van der Waals surface area contributed by atoms with Crippen molar-refractivity contribution in [2.24, 2.45) is 4.99 Å². The van der Waals surface area contributed by atoms with E-state index < -0.39 is 0 Å². The SMILES string of the molecule is CN=C(NCC1(OC)CCOCC1)NC(C)c1cccc(Cl)c1. The Bertz CT molecular complexity index is 530. The van der Waals surface area contributed by atoms with E-state index in [1.54, 1.807) is 14.2 Å². The van der Waals surface area contributed by atoms with Crippen molar-refractivity contribution < 1.29 is 9.47 Å². The van der Waals surface area contributed by atoms with Gasteiger partial charge in [-0.25, -0.2) is 0 Å². The van der Waals surface area contributed by atoms with Gasteiger partial charge in [-0.1, -0.05) is 23.7 Å². The molecule has 0 bridgehead atoms. The first-order chi connectivity index (χ1) is 11.1. The fourth-order valence-electron chi connectivity index (χ4n) is 2.70. The van der Waals surface area contributed by atoms with Crippen molar-refractivity contribution in [2.75, 3.05) is 33.9 Å². The number of guanidine groups is 1. The van der Waals surface area contributed by atoms with Crippen LogP contribution in [-0.4, -0.2) is 45.5 Å². The Balaban J connectivity index is 1.92. The molecule has 128 valence electrons. The molecule has 1 aromatic rings. The molecular formula is C17H26ClN3O2. The second kappa shape index (κ2) is 8.52. The van der Waals surface area contributed by atoms with Crippen LogP contribution in [0.1, 0.15) is 31.4 Å². The average Bonchev–Trinajstić information content (AvgIpc) is 2.59. The third-order valence-electron chi connectivity index (χ3n) is 4.34. The number of nitrogens with zero attached hydrogens (tertiary/aromatic N) is 1. The van der Waals surface area contributed by atoms with Gasteiger partial charge in [0.25, 0.3) is 0 Å². The molecule has 6 heteroatoms. The van der Waals surface area contributed by atoms with Crippen LogP contribution in [0.15, 0.2) is 29.3 Å². The predicted molar refractivity (Wildman–Crippen MR) is 94.2 cm³/mol. The number of benzene rings is 1. The molecule has 2 rings (SSSR count). The maximum atomic E-state index is 6.06. The maximum Gasteiger partial charge on any atom is 0.191 e. The largest absolute Gasteiger partial charge is 0.381 e. The molecule has 23 heavy (non-hydrogen) atoms. The summed E-state index contributed by atoms with van der Waals surface area (Å²) in [5.41, 5.74) is 0.933. The summed E-state index contributed by atoms with van der Waals surface area (Å²) in [5, 5.41) is 7.49. The molecule has 1 fully saturated rings. The average molecular weight is 340 g/mol. The highest BCUT2D eigenvalue weighted by molar-refractivity contribution is 6.30. The minimum Gasteiger partial charge on any atom is -0.381 e. The van der Waals surface area contributed by atoms with Crippen LogP contribution in [0.25, 0.3) is 0 Å². The summed E-state index contributed by atoms with van der Waals surface area (Å²) in [5.74, 6) is 0.750. The maximum absolute atomic E-state index is 6.06. The van der Waals surface area contributed by atoms with Gasteiger partial charge in [0, 0.05) is 51.8 Å². The van der Waals surface area contributed by atoms with Crippen LogP contribution in [0.4, 0.5) is 0 Å². The topological polar surface area (TPSA) is 54.9 Å². The van der Waals surface area contributed by atoms with E-state index >= 15 is 0 Å². The van der Waals surface area contributed by atoms with E-state index in [4.69, 9.17) is 21.1 Å². The van der Waals surface area contributed by atoms with Crippen molar-refractivity contribution in [3.05, 3.63) is 34.9 Å². The normalized spacial score (nSPS) is 19.2. The van der Waals surface area contributed by atoms with E-state index in [0.29, 0.717) is 6.54 Å². The number of methoxy groups -OCH3 is 1. The van der Waals surface area contributed by atoms with Gasteiger partial charge in [-0.3, -0.25) is 4.99 Å². The van der Waals surface area contributed by atoms with Crippen LogP contribution < -0.4 is 10.6 Å². The molecule has 1 aliphatic heterocycles. The van der Waals surface area contributed by atoms with E-state index in [1.165, 1.54) is 0 Å². The van der Waals surface area contributed by atoms with Crippen LogP contribution in [0.2, 0.25) is 5.02 Å². The molecule has 1 unspecified atom stereocenters. The summed E-state index contributed by atoms with van der Waals surface area (Å²) in [6, 6.07) is 7.94. The summed E-state index contributed by atoms with van der Waals surface area (Å²) in [7, 11) is 3.53. The molecule has 0 saturated carbocycles. The highest BCUT2D eigenvalue weighted by Crippen LogP contribution is 2.23. The molecule has 1 saturated heterocycles. The molecule has 1 heterocycles. The second-order valence-electron chi connectivity index (χ2n) is 5.85. The van der Waals surface area contributed by atoms with Gasteiger partial charge in [0.05, 0.1) is 11.6 Å². The van der Waals surface area contributed by atoms with Crippen molar-refractivity contribution in [1.29, 1.82) is 0 Å². The lowest BCUT2D eigenvalue weighted by Gasteiger charge is -2.36. The Kier molecular flexibility index (Phi) is 6.69. The monoisotopic (exact) mass is 339 g/mol. The molecule has 0 radical (unpaired) electrons. The number of rotatable bonds is 5. The minimum absolute atomic E-state index is 0.105. The van der Waals surface area contributed by atoms with Crippen LogP contribution in [-0.2, 0) is 9.47 Å². The first kappa shape index (κ1) is 18.0. The van der Waals surface area contributed by atoms with Crippen LogP contribution in [0.5, 0.6) is 0 Å². The summed E-state index contributed by atoms with van der Waals surface area (Å²) >= 11 is 6.06. The number of aliphatic imine (C=N–C) groups is 1. The summed E-state index contributed by atoms with van der Waals surface area (Å²) in [4.78, 5) is 4.30. The first-order valence-corrected chi connectivity index (χ1v) is 8.32. The van der Waals surface area contributed by atoms with Crippen LogP contribution in [0.3, 0.4) is 0 Å². The number of nitrogens with one attached hydrogen (secondary N) is 2. The highest BCUT2D eigenvalue weighted by atomic mass is 35.5. The van der Waals surface area contributed by atoms with Crippen molar-refractivity contribution in [1.82, 2.24) is 10.6 Å². The van der Waals surface area contributed by atoms with Crippen molar-refractivity contribution in [2.45, 2.75) is 31.4 Å². The lowest BCUT2D eigenvalue weighted by atomic mass is 9.94. The van der Waals surface area contributed by atoms with Crippen molar-refractivity contribution in [3.63, 3.8) is 0 Å². The fourth-order valence-corrected chi connectivity index (χ4v) is 2.90. The Morgan fingerprint density at radius 2 is 2.17 bits per heavy atom. The highest BCUT2D eigenvalue weighted by Gasteiger charge is 2.32. The third-order valence-corrected chi connectivity index (χ3v) is 4.58. The third kappa shape index (κ3) is 5.09. The zero-order valence-electron chi connectivity index (χ0n) is 14.1. The Labute approximate surface area is 143 Å². The van der Waals surface area contributed by atoms with Gasteiger partial charge in [-0.15, -0.1) is 0 Å².